The van der Waals surface area contributed by atoms with Crippen molar-refractivity contribution in [2.45, 2.75) is 10.6 Å². The van der Waals surface area contributed by atoms with E-state index in [1.807, 2.05) is 23.9 Å². The summed E-state index contributed by atoms with van der Waals surface area (Å²) in [6, 6.07) is 10.4. The van der Waals surface area contributed by atoms with Gasteiger partial charge in [0.15, 0.2) is 0 Å². The Bertz CT molecular complexity index is 760. The van der Waals surface area contributed by atoms with Crippen molar-refractivity contribution in [2.75, 3.05) is 11.6 Å². The summed E-state index contributed by atoms with van der Waals surface area (Å²) in [5, 5.41) is 1.08. The molecule has 3 aromatic rings. The van der Waals surface area contributed by atoms with E-state index in [0.29, 0.717) is 0 Å². The fourth-order valence-corrected chi connectivity index (χ4v) is 4.79. The van der Waals surface area contributed by atoms with Gasteiger partial charge in [0.1, 0.15) is 6.33 Å². The molecule has 2 aromatic heterocycles. The SMILES string of the molecule is ClCCCSc1ccc(-c2ncnc3ccc(Br)cc23)s1. The summed E-state index contributed by atoms with van der Waals surface area (Å²) in [5.74, 6) is 1.77. The van der Waals surface area contributed by atoms with Gasteiger partial charge in [-0.3, -0.25) is 0 Å². The van der Waals surface area contributed by atoms with Gasteiger partial charge in [-0.05, 0) is 42.5 Å². The van der Waals surface area contributed by atoms with Crippen LogP contribution in [0.5, 0.6) is 0 Å². The molecular weight excluding hydrogens is 388 g/mol. The predicted octanol–water partition coefficient (Wildman–Crippen LogP) is 5.84. The molecule has 0 N–H and O–H groups in total. The zero-order valence-corrected chi connectivity index (χ0v) is 15.0. The highest BCUT2D eigenvalue weighted by molar-refractivity contribution is 9.10. The molecule has 21 heavy (non-hydrogen) atoms. The van der Waals surface area contributed by atoms with E-state index >= 15 is 0 Å². The van der Waals surface area contributed by atoms with Crippen LogP contribution in [0.4, 0.5) is 0 Å². The molecule has 0 bridgehead atoms. The molecular formula is C15H12BrClN2S2. The Morgan fingerprint density at radius 1 is 1.19 bits per heavy atom. The van der Waals surface area contributed by atoms with Gasteiger partial charge in [-0.2, -0.15) is 0 Å². The molecule has 0 saturated carbocycles. The number of nitrogens with zero attached hydrogens (tertiary/aromatic N) is 2. The minimum absolute atomic E-state index is 0.718. The monoisotopic (exact) mass is 398 g/mol. The summed E-state index contributed by atoms with van der Waals surface area (Å²) < 4.78 is 2.34. The number of rotatable bonds is 5. The topological polar surface area (TPSA) is 25.8 Å². The van der Waals surface area contributed by atoms with Gasteiger partial charge in [-0.1, -0.05) is 15.9 Å². The number of hydrogen-bond donors (Lipinski definition) is 0. The molecule has 0 atom stereocenters. The number of aromatic nitrogens is 2. The number of halogens is 2. The molecule has 2 nitrogen and oxygen atoms in total. The first-order valence-electron chi connectivity index (χ1n) is 6.47. The highest BCUT2D eigenvalue weighted by atomic mass is 79.9. The molecule has 0 saturated heterocycles. The Kier molecular flexibility index (Phi) is 5.16. The normalized spacial score (nSPS) is 11.1. The molecule has 0 unspecified atom stereocenters. The van der Waals surface area contributed by atoms with Crippen molar-refractivity contribution in [1.29, 1.82) is 0 Å². The highest BCUT2D eigenvalue weighted by Gasteiger charge is 2.10. The zero-order valence-electron chi connectivity index (χ0n) is 11.1. The molecule has 0 fully saturated rings. The molecule has 1 aromatic carbocycles. The maximum absolute atomic E-state index is 5.72. The first-order valence-corrected chi connectivity index (χ1v) is 9.60. The van der Waals surface area contributed by atoms with Gasteiger partial charge in [0.2, 0.25) is 0 Å². The second-order valence-electron chi connectivity index (χ2n) is 4.39. The van der Waals surface area contributed by atoms with E-state index in [0.717, 1.165) is 39.1 Å². The van der Waals surface area contributed by atoms with E-state index in [9.17, 15) is 0 Å². The maximum Gasteiger partial charge on any atom is 0.116 e. The van der Waals surface area contributed by atoms with E-state index in [1.54, 1.807) is 17.7 Å². The van der Waals surface area contributed by atoms with E-state index in [2.05, 4.69) is 44.1 Å². The second-order valence-corrected chi connectivity index (χ2v) is 8.17. The standard InChI is InChI=1S/C15H12BrClN2S2/c16-10-2-3-12-11(8-10)15(19-9-18-12)13-4-5-14(21-13)20-7-1-6-17/h2-5,8-9H,1,6-7H2. The van der Waals surface area contributed by atoms with Crippen molar-refractivity contribution in [2.24, 2.45) is 0 Å². The highest BCUT2D eigenvalue weighted by Crippen LogP contribution is 2.36. The van der Waals surface area contributed by atoms with E-state index in [-0.39, 0.29) is 0 Å². The van der Waals surface area contributed by atoms with Gasteiger partial charge in [0.25, 0.3) is 0 Å². The van der Waals surface area contributed by atoms with E-state index in [1.165, 1.54) is 9.09 Å². The smallest absolute Gasteiger partial charge is 0.116 e. The minimum Gasteiger partial charge on any atom is -0.236 e. The molecule has 0 aliphatic heterocycles. The predicted molar refractivity (Wildman–Crippen MR) is 96.6 cm³/mol. The maximum atomic E-state index is 5.72. The quantitative estimate of drug-likeness (QED) is 0.306. The van der Waals surface area contributed by atoms with Crippen LogP contribution >= 0.6 is 50.6 Å². The molecule has 2 heterocycles. The molecule has 6 heteroatoms. The summed E-state index contributed by atoms with van der Waals surface area (Å²) in [4.78, 5) is 9.98. The summed E-state index contributed by atoms with van der Waals surface area (Å²) in [6.45, 7) is 0. The zero-order chi connectivity index (χ0) is 14.7. The molecule has 0 spiro atoms. The first-order chi connectivity index (χ1) is 10.3. The number of alkyl halides is 1. The van der Waals surface area contributed by atoms with Crippen molar-refractivity contribution in [1.82, 2.24) is 9.97 Å². The van der Waals surface area contributed by atoms with E-state index in [4.69, 9.17) is 11.6 Å². The lowest BCUT2D eigenvalue weighted by molar-refractivity contribution is 1.12. The largest absolute Gasteiger partial charge is 0.236 e. The van der Waals surface area contributed by atoms with Crippen LogP contribution in [0, 0.1) is 0 Å². The number of fused-ring (bicyclic) bond motifs is 1. The van der Waals surface area contributed by atoms with Crippen LogP contribution < -0.4 is 0 Å². The minimum atomic E-state index is 0.718. The fourth-order valence-electron chi connectivity index (χ4n) is 1.98. The Morgan fingerprint density at radius 2 is 2.10 bits per heavy atom. The van der Waals surface area contributed by atoms with Crippen molar-refractivity contribution < 1.29 is 0 Å². The summed E-state index contributed by atoms with van der Waals surface area (Å²) >= 11 is 12.9. The van der Waals surface area contributed by atoms with Crippen LogP contribution in [0.25, 0.3) is 21.5 Å². The van der Waals surface area contributed by atoms with Gasteiger partial charge in [-0.25, -0.2) is 9.97 Å². The van der Waals surface area contributed by atoms with Crippen molar-refractivity contribution in [3.8, 4) is 10.6 Å². The fraction of sp³-hybridized carbons (Fsp3) is 0.200. The van der Waals surface area contributed by atoms with Crippen molar-refractivity contribution in [3.05, 3.63) is 41.1 Å². The van der Waals surface area contributed by atoms with Crippen LogP contribution in [0.1, 0.15) is 6.42 Å². The van der Waals surface area contributed by atoms with Gasteiger partial charge >= 0.3 is 0 Å². The Balaban J connectivity index is 1.95. The molecule has 0 amide bonds. The van der Waals surface area contributed by atoms with Gasteiger partial charge in [-0.15, -0.1) is 34.7 Å². The molecule has 0 aliphatic rings. The molecule has 108 valence electrons. The van der Waals surface area contributed by atoms with Crippen LogP contribution in [-0.4, -0.2) is 21.6 Å². The Morgan fingerprint density at radius 3 is 2.95 bits per heavy atom. The Labute approximate surface area is 145 Å². The summed E-state index contributed by atoms with van der Waals surface area (Å²) in [5.41, 5.74) is 1.96. The van der Waals surface area contributed by atoms with Gasteiger partial charge in [0.05, 0.1) is 20.3 Å². The number of thiophene rings is 1. The van der Waals surface area contributed by atoms with E-state index < -0.39 is 0 Å². The molecule has 3 rings (SSSR count). The van der Waals surface area contributed by atoms with Crippen LogP contribution in [-0.2, 0) is 0 Å². The Hall–Kier alpha value is -0.620. The molecule has 0 radical (unpaired) electrons. The van der Waals surface area contributed by atoms with Crippen LogP contribution in [0.3, 0.4) is 0 Å². The second kappa shape index (κ2) is 7.09. The summed E-state index contributed by atoms with van der Waals surface area (Å²) in [6.07, 6.45) is 2.66. The van der Waals surface area contributed by atoms with Crippen LogP contribution in [0.2, 0.25) is 0 Å². The van der Waals surface area contributed by atoms with Gasteiger partial charge < -0.3 is 0 Å². The molecule has 0 aliphatic carbocycles. The summed E-state index contributed by atoms with van der Waals surface area (Å²) in [7, 11) is 0. The number of hydrogen-bond acceptors (Lipinski definition) is 4. The number of thioether (sulfide) groups is 1. The third kappa shape index (κ3) is 3.59. The average Bonchev–Trinajstić information content (AvgIpc) is 2.95. The third-order valence-electron chi connectivity index (χ3n) is 2.93. The number of benzene rings is 1. The van der Waals surface area contributed by atoms with Crippen molar-refractivity contribution >= 4 is 61.5 Å². The van der Waals surface area contributed by atoms with Crippen molar-refractivity contribution in [3.63, 3.8) is 0 Å². The third-order valence-corrected chi connectivity index (χ3v) is 6.10. The lowest BCUT2D eigenvalue weighted by Crippen LogP contribution is -1.86. The lowest BCUT2D eigenvalue weighted by atomic mass is 10.1. The van der Waals surface area contributed by atoms with Crippen LogP contribution in [0.15, 0.2) is 45.3 Å². The first kappa shape index (κ1) is 15.3. The lowest BCUT2D eigenvalue weighted by Gasteiger charge is -2.03. The average molecular weight is 400 g/mol. The van der Waals surface area contributed by atoms with Gasteiger partial charge in [0, 0.05) is 15.7 Å².